The number of methoxy groups -OCH3 is 3. The highest BCUT2D eigenvalue weighted by Crippen LogP contribution is 2.40. The van der Waals surface area contributed by atoms with Crippen LogP contribution >= 0.6 is 0 Å². The van der Waals surface area contributed by atoms with Crippen molar-refractivity contribution in [2.24, 2.45) is 0 Å². The molecule has 0 aromatic heterocycles. The molecule has 8 heteroatoms. The van der Waals surface area contributed by atoms with E-state index >= 15 is 0 Å². The number of ether oxygens (including phenoxy) is 3. The highest BCUT2D eigenvalue weighted by molar-refractivity contribution is 6.07. The maximum Gasteiger partial charge on any atom is 0.319 e. The number of carbonyl (C=O) groups is 2. The van der Waals surface area contributed by atoms with E-state index in [0.717, 1.165) is 11.1 Å². The quantitative estimate of drug-likeness (QED) is 0.657. The number of hydrogen-bond acceptors (Lipinski definition) is 5. The van der Waals surface area contributed by atoms with E-state index in [1.807, 2.05) is 32.0 Å². The lowest BCUT2D eigenvalue weighted by Crippen LogP contribution is -2.46. The molecule has 0 aliphatic carbocycles. The second-order valence-corrected chi connectivity index (χ2v) is 7.27. The largest absolute Gasteiger partial charge is 0.496 e. The summed E-state index contributed by atoms with van der Waals surface area (Å²) in [6.45, 7) is 5.68. The average molecular weight is 425 g/mol. The standard InChI is InChI=1S/C23H27N3O5/c1-12-7-8-15(9-13(12)2)25-22(27)20-14(3)24-23(28)26-21(20)16-10-18(30-5)19(31-6)11-17(16)29-4/h7-11,21H,1-6H3,(H,25,27)(H2,24,26,28)/t21-/m1/s1. The molecular formula is C23H27N3O5. The number of urea groups is 1. The summed E-state index contributed by atoms with van der Waals surface area (Å²) >= 11 is 0. The first-order chi connectivity index (χ1) is 14.8. The van der Waals surface area contributed by atoms with Crippen molar-refractivity contribution in [2.45, 2.75) is 26.8 Å². The van der Waals surface area contributed by atoms with Crippen LogP contribution in [0.1, 0.15) is 29.7 Å². The Balaban J connectivity index is 2.06. The van der Waals surface area contributed by atoms with Gasteiger partial charge in [-0.3, -0.25) is 4.79 Å². The number of benzene rings is 2. The van der Waals surface area contributed by atoms with Gasteiger partial charge < -0.3 is 30.2 Å². The molecule has 1 aliphatic rings. The highest BCUT2D eigenvalue weighted by atomic mass is 16.5. The second-order valence-electron chi connectivity index (χ2n) is 7.27. The first-order valence-electron chi connectivity index (χ1n) is 9.75. The van der Waals surface area contributed by atoms with Crippen LogP contribution in [0, 0.1) is 13.8 Å². The van der Waals surface area contributed by atoms with Crippen LogP contribution in [0.3, 0.4) is 0 Å². The Morgan fingerprint density at radius 2 is 1.55 bits per heavy atom. The molecule has 3 rings (SSSR count). The van der Waals surface area contributed by atoms with Crippen molar-refractivity contribution in [3.05, 3.63) is 58.3 Å². The zero-order valence-electron chi connectivity index (χ0n) is 18.5. The van der Waals surface area contributed by atoms with Gasteiger partial charge in [0.15, 0.2) is 11.5 Å². The molecule has 0 saturated heterocycles. The van der Waals surface area contributed by atoms with Gasteiger partial charge in [-0.15, -0.1) is 0 Å². The van der Waals surface area contributed by atoms with Crippen molar-refractivity contribution in [3.8, 4) is 17.2 Å². The monoisotopic (exact) mass is 425 g/mol. The Bertz CT molecular complexity index is 1060. The minimum atomic E-state index is -0.755. The van der Waals surface area contributed by atoms with Crippen LogP contribution in [0.5, 0.6) is 17.2 Å². The van der Waals surface area contributed by atoms with Gasteiger partial charge in [-0.2, -0.15) is 0 Å². The first kappa shape index (κ1) is 22.0. The van der Waals surface area contributed by atoms with Gasteiger partial charge in [-0.05, 0) is 50.1 Å². The summed E-state index contributed by atoms with van der Waals surface area (Å²) in [5.74, 6) is 1.05. The predicted molar refractivity (Wildman–Crippen MR) is 118 cm³/mol. The first-order valence-corrected chi connectivity index (χ1v) is 9.75. The molecule has 0 unspecified atom stereocenters. The number of rotatable bonds is 6. The second kappa shape index (κ2) is 8.99. The SMILES string of the molecule is COc1cc(OC)c([C@H]2NC(=O)NC(C)=C2C(=O)Nc2ccc(C)c(C)c2)cc1OC. The van der Waals surface area contributed by atoms with Crippen LogP contribution in [0.4, 0.5) is 10.5 Å². The number of nitrogens with one attached hydrogen (secondary N) is 3. The van der Waals surface area contributed by atoms with Crippen LogP contribution in [-0.2, 0) is 4.79 Å². The molecule has 0 spiro atoms. The van der Waals surface area contributed by atoms with E-state index in [0.29, 0.717) is 39.8 Å². The van der Waals surface area contributed by atoms with Gasteiger partial charge in [-0.1, -0.05) is 6.07 Å². The number of amides is 3. The lowest BCUT2D eigenvalue weighted by Gasteiger charge is -2.30. The van der Waals surface area contributed by atoms with E-state index in [2.05, 4.69) is 16.0 Å². The molecule has 3 amide bonds. The molecule has 31 heavy (non-hydrogen) atoms. The number of anilines is 1. The average Bonchev–Trinajstić information content (AvgIpc) is 2.74. The van der Waals surface area contributed by atoms with E-state index in [1.165, 1.54) is 21.3 Å². The maximum atomic E-state index is 13.3. The zero-order chi connectivity index (χ0) is 22.7. The van der Waals surface area contributed by atoms with Crippen LogP contribution in [0.25, 0.3) is 0 Å². The molecule has 0 saturated carbocycles. The summed E-state index contributed by atoms with van der Waals surface area (Å²) in [5, 5.41) is 8.42. The highest BCUT2D eigenvalue weighted by Gasteiger charge is 2.34. The molecule has 3 N–H and O–H groups in total. The van der Waals surface area contributed by atoms with Gasteiger partial charge in [-0.25, -0.2) is 4.79 Å². The van der Waals surface area contributed by atoms with E-state index in [9.17, 15) is 9.59 Å². The fourth-order valence-corrected chi connectivity index (χ4v) is 3.52. The van der Waals surface area contributed by atoms with Gasteiger partial charge in [0.2, 0.25) is 0 Å². The summed E-state index contributed by atoms with van der Waals surface area (Å²) in [6.07, 6.45) is 0. The van der Waals surface area contributed by atoms with E-state index in [-0.39, 0.29) is 5.91 Å². The summed E-state index contributed by atoms with van der Waals surface area (Å²) in [5.41, 5.74) is 4.25. The predicted octanol–water partition coefficient (Wildman–Crippen LogP) is 3.60. The van der Waals surface area contributed by atoms with E-state index in [1.54, 1.807) is 19.1 Å². The van der Waals surface area contributed by atoms with Crippen molar-refractivity contribution in [2.75, 3.05) is 26.6 Å². The zero-order valence-corrected chi connectivity index (χ0v) is 18.5. The summed E-state index contributed by atoms with van der Waals surface area (Å²) in [6, 6.07) is 7.89. The Kier molecular flexibility index (Phi) is 6.39. The van der Waals surface area contributed by atoms with Crippen molar-refractivity contribution in [1.82, 2.24) is 10.6 Å². The van der Waals surface area contributed by atoms with Gasteiger partial charge in [0.25, 0.3) is 5.91 Å². The summed E-state index contributed by atoms with van der Waals surface area (Å²) < 4.78 is 16.3. The molecule has 0 bridgehead atoms. The van der Waals surface area contributed by atoms with Crippen LogP contribution in [0.2, 0.25) is 0 Å². The van der Waals surface area contributed by atoms with Crippen molar-refractivity contribution in [3.63, 3.8) is 0 Å². The number of hydrogen-bond donors (Lipinski definition) is 3. The third-order valence-electron chi connectivity index (χ3n) is 5.33. The summed E-state index contributed by atoms with van der Waals surface area (Å²) in [4.78, 5) is 25.5. The Morgan fingerprint density at radius 1 is 0.903 bits per heavy atom. The normalized spacial score (nSPS) is 15.7. The van der Waals surface area contributed by atoms with Crippen LogP contribution in [0.15, 0.2) is 41.6 Å². The molecule has 1 atom stereocenters. The third-order valence-corrected chi connectivity index (χ3v) is 5.33. The molecule has 1 aliphatic heterocycles. The molecule has 1 heterocycles. The molecule has 2 aromatic carbocycles. The minimum Gasteiger partial charge on any atom is -0.496 e. The number of allylic oxidation sites excluding steroid dienone is 1. The van der Waals surface area contributed by atoms with Gasteiger partial charge in [0.05, 0.1) is 32.9 Å². The van der Waals surface area contributed by atoms with Gasteiger partial charge in [0.1, 0.15) is 5.75 Å². The number of aryl methyl sites for hydroxylation is 2. The van der Waals surface area contributed by atoms with Gasteiger partial charge >= 0.3 is 6.03 Å². The number of carbonyl (C=O) groups excluding carboxylic acids is 2. The van der Waals surface area contributed by atoms with E-state index < -0.39 is 12.1 Å². The third kappa shape index (κ3) is 4.42. The van der Waals surface area contributed by atoms with Crippen molar-refractivity contribution in [1.29, 1.82) is 0 Å². The fraction of sp³-hybridized carbons (Fsp3) is 0.304. The topological polar surface area (TPSA) is 97.9 Å². The molecule has 2 aromatic rings. The molecule has 164 valence electrons. The summed E-state index contributed by atoms with van der Waals surface area (Å²) in [7, 11) is 4.55. The van der Waals surface area contributed by atoms with Crippen molar-refractivity contribution < 1.29 is 23.8 Å². The lowest BCUT2D eigenvalue weighted by atomic mass is 9.93. The Hall–Kier alpha value is -3.68. The fourth-order valence-electron chi connectivity index (χ4n) is 3.52. The smallest absolute Gasteiger partial charge is 0.319 e. The van der Waals surface area contributed by atoms with Crippen molar-refractivity contribution >= 4 is 17.6 Å². The molecule has 0 fully saturated rings. The maximum absolute atomic E-state index is 13.3. The van der Waals surface area contributed by atoms with E-state index in [4.69, 9.17) is 14.2 Å². The minimum absolute atomic E-state index is 0.338. The lowest BCUT2D eigenvalue weighted by molar-refractivity contribution is -0.113. The van der Waals surface area contributed by atoms with Gasteiger partial charge in [0, 0.05) is 23.0 Å². The molecular weight excluding hydrogens is 398 g/mol. The Labute approximate surface area is 181 Å². The Morgan fingerprint density at radius 3 is 2.16 bits per heavy atom. The molecule has 8 nitrogen and oxygen atoms in total. The van der Waals surface area contributed by atoms with Crippen LogP contribution < -0.4 is 30.2 Å². The van der Waals surface area contributed by atoms with Crippen LogP contribution in [-0.4, -0.2) is 33.3 Å². The molecule has 0 radical (unpaired) electrons.